The molecular weight excluding hydrogens is 206 g/mol. The largest absolute Gasteiger partial charge is 0.388 e. The molecule has 1 unspecified atom stereocenters. The van der Waals surface area contributed by atoms with Crippen LogP contribution in [0.1, 0.15) is 45.4 Å². The Bertz CT molecular complexity index is 224. The first-order chi connectivity index (χ1) is 7.56. The molecule has 0 bridgehead atoms. The third kappa shape index (κ3) is 4.49. The number of amides is 1. The van der Waals surface area contributed by atoms with Gasteiger partial charge in [-0.2, -0.15) is 0 Å². The second-order valence-electron chi connectivity index (χ2n) is 4.79. The molecule has 1 saturated carbocycles. The summed E-state index contributed by atoms with van der Waals surface area (Å²) in [6, 6.07) is 0. The van der Waals surface area contributed by atoms with Crippen LogP contribution in [0.15, 0.2) is 0 Å². The highest BCUT2D eigenvalue weighted by Gasteiger charge is 2.31. The van der Waals surface area contributed by atoms with Crippen LogP contribution < -0.4 is 5.32 Å². The maximum absolute atomic E-state index is 11.5. The fraction of sp³-hybridized carbons (Fsp3) is 0.917. The van der Waals surface area contributed by atoms with E-state index in [2.05, 4.69) is 5.32 Å². The van der Waals surface area contributed by atoms with Gasteiger partial charge < -0.3 is 15.2 Å². The van der Waals surface area contributed by atoms with Crippen LogP contribution in [0.4, 0.5) is 0 Å². The molecule has 0 heterocycles. The standard InChI is InChI=1S/C12H23NO3/c1-10(16-2)5-6-11(14)13-9-12(15)7-3-4-8-12/h10,15H,3-9H2,1-2H3,(H,13,14). The van der Waals surface area contributed by atoms with Gasteiger partial charge in [0.1, 0.15) is 0 Å². The molecule has 16 heavy (non-hydrogen) atoms. The van der Waals surface area contributed by atoms with E-state index in [0.29, 0.717) is 13.0 Å². The quantitative estimate of drug-likeness (QED) is 0.720. The van der Waals surface area contributed by atoms with Crippen molar-refractivity contribution in [3.8, 4) is 0 Å². The van der Waals surface area contributed by atoms with E-state index in [1.165, 1.54) is 0 Å². The number of aliphatic hydroxyl groups is 1. The highest BCUT2D eigenvalue weighted by Crippen LogP contribution is 2.28. The molecule has 0 spiro atoms. The summed E-state index contributed by atoms with van der Waals surface area (Å²) in [6.45, 7) is 2.34. The van der Waals surface area contributed by atoms with Crippen LogP contribution in [-0.4, -0.2) is 36.4 Å². The van der Waals surface area contributed by atoms with Crippen molar-refractivity contribution >= 4 is 5.91 Å². The average Bonchev–Trinajstić information content (AvgIpc) is 2.71. The highest BCUT2D eigenvalue weighted by atomic mass is 16.5. The van der Waals surface area contributed by atoms with Gasteiger partial charge >= 0.3 is 0 Å². The van der Waals surface area contributed by atoms with Crippen LogP contribution in [0, 0.1) is 0 Å². The SMILES string of the molecule is COC(C)CCC(=O)NCC1(O)CCCC1. The zero-order chi connectivity index (χ0) is 12.0. The molecule has 1 aliphatic carbocycles. The molecule has 0 aromatic carbocycles. The Hall–Kier alpha value is -0.610. The molecule has 4 nitrogen and oxygen atoms in total. The van der Waals surface area contributed by atoms with Crippen LogP contribution in [0.3, 0.4) is 0 Å². The summed E-state index contributed by atoms with van der Waals surface area (Å²) in [5.41, 5.74) is -0.650. The van der Waals surface area contributed by atoms with Crippen molar-refractivity contribution in [2.45, 2.75) is 57.2 Å². The minimum absolute atomic E-state index is 0.00391. The van der Waals surface area contributed by atoms with Crippen LogP contribution in [0.5, 0.6) is 0 Å². The number of hydrogen-bond donors (Lipinski definition) is 2. The number of methoxy groups -OCH3 is 1. The van der Waals surface area contributed by atoms with Gasteiger partial charge in [0.15, 0.2) is 0 Å². The molecule has 94 valence electrons. The molecule has 0 saturated heterocycles. The van der Waals surface area contributed by atoms with Crippen molar-refractivity contribution in [1.82, 2.24) is 5.32 Å². The third-order valence-electron chi connectivity index (χ3n) is 3.33. The van der Waals surface area contributed by atoms with E-state index in [0.717, 1.165) is 32.1 Å². The zero-order valence-corrected chi connectivity index (χ0v) is 10.3. The van der Waals surface area contributed by atoms with Gasteiger partial charge in [0.25, 0.3) is 0 Å². The van der Waals surface area contributed by atoms with Gasteiger partial charge in [-0.25, -0.2) is 0 Å². The van der Waals surface area contributed by atoms with Gasteiger partial charge in [-0.15, -0.1) is 0 Å². The maximum Gasteiger partial charge on any atom is 0.220 e. The Kier molecular flexibility index (Phi) is 5.22. The molecule has 1 fully saturated rings. The summed E-state index contributed by atoms with van der Waals surface area (Å²) in [5, 5.41) is 12.8. The number of nitrogens with one attached hydrogen (secondary N) is 1. The van der Waals surface area contributed by atoms with Crippen LogP contribution >= 0.6 is 0 Å². The van der Waals surface area contributed by atoms with E-state index in [1.54, 1.807) is 7.11 Å². The third-order valence-corrected chi connectivity index (χ3v) is 3.33. The van der Waals surface area contributed by atoms with E-state index in [4.69, 9.17) is 4.74 Å². The fourth-order valence-corrected chi connectivity index (χ4v) is 2.01. The van der Waals surface area contributed by atoms with Gasteiger partial charge in [-0.3, -0.25) is 4.79 Å². The van der Waals surface area contributed by atoms with Crippen molar-refractivity contribution in [1.29, 1.82) is 0 Å². The number of hydrogen-bond acceptors (Lipinski definition) is 3. The molecule has 0 aromatic rings. The van der Waals surface area contributed by atoms with E-state index in [9.17, 15) is 9.90 Å². The Morgan fingerprint density at radius 1 is 1.50 bits per heavy atom. The molecular formula is C12H23NO3. The average molecular weight is 229 g/mol. The van der Waals surface area contributed by atoms with Crippen molar-refractivity contribution in [3.63, 3.8) is 0 Å². The molecule has 2 N–H and O–H groups in total. The van der Waals surface area contributed by atoms with Gasteiger partial charge in [0, 0.05) is 20.1 Å². The Balaban J connectivity index is 2.14. The predicted octanol–water partition coefficient (Wildman–Crippen LogP) is 1.22. The van der Waals surface area contributed by atoms with Crippen molar-refractivity contribution in [2.24, 2.45) is 0 Å². The lowest BCUT2D eigenvalue weighted by atomic mass is 10.0. The highest BCUT2D eigenvalue weighted by molar-refractivity contribution is 5.75. The Morgan fingerprint density at radius 2 is 2.12 bits per heavy atom. The van der Waals surface area contributed by atoms with Crippen molar-refractivity contribution in [3.05, 3.63) is 0 Å². The summed E-state index contributed by atoms with van der Waals surface area (Å²) >= 11 is 0. The van der Waals surface area contributed by atoms with Gasteiger partial charge in [-0.1, -0.05) is 12.8 Å². The number of carbonyl (C=O) groups is 1. The minimum atomic E-state index is -0.650. The van der Waals surface area contributed by atoms with E-state index in [-0.39, 0.29) is 12.0 Å². The first kappa shape index (κ1) is 13.5. The summed E-state index contributed by atoms with van der Waals surface area (Å²) in [5.74, 6) is 0.00391. The predicted molar refractivity (Wildman–Crippen MR) is 62.1 cm³/mol. The smallest absolute Gasteiger partial charge is 0.220 e. The number of ether oxygens (including phenoxy) is 1. The van der Waals surface area contributed by atoms with E-state index >= 15 is 0 Å². The first-order valence-electron chi connectivity index (χ1n) is 6.08. The normalized spacial score (nSPS) is 20.7. The lowest BCUT2D eigenvalue weighted by molar-refractivity contribution is -0.122. The zero-order valence-electron chi connectivity index (χ0n) is 10.3. The summed E-state index contributed by atoms with van der Waals surface area (Å²) in [6.07, 6.45) is 5.04. The summed E-state index contributed by atoms with van der Waals surface area (Å²) in [4.78, 5) is 11.5. The summed E-state index contributed by atoms with van der Waals surface area (Å²) < 4.78 is 5.07. The first-order valence-corrected chi connectivity index (χ1v) is 6.08. The van der Waals surface area contributed by atoms with Crippen LogP contribution in [0.2, 0.25) is 0 Å². The molecule has 4 heteroatoms. The molecule has 1 aliphatic rings. The second kappa shape index (κ2) is 6.21. The van der Waals surface area contributed by atoms with Gasteiger partial charge in [-0.05, 0) is 26.2 Å². The lowest BCUT2D eigenvalue weighted by Crippen LogP contribution is -2.40. The Labute approximate surface area is 97.4 Å². The van der Waals surface area contributed by atoms with E-state index < -0.39 is 5.60 Å². The fourth-order valence-electron chi connectivity index (χ4n) is 2.01. The second-order valence-corrected chi connectivity index (χ2v) is 4.79. The minimum Gasteiger partial charge on any atom is -0.388 e. The van der Waals surface area contributed by atoms with Crippen LogP contribution in [-0.2, 0) is 9.53 Å². The molecule has 1 amide bonds. The molecule has 1 atom stereocenters. The number of rotatable bonds is 6. The topological polar surface area (TPSA) is 58.6 Å². The van der Waals surface area contributed by atoms with Crippen molar-refractivity contribution < 1.29 is 14.6 Å². The molecule has 1 rings (SSSR count). The molecule has 0 aliphatic heterocycles. The van der Waals surface area contributed by atoms with Gasteiger partial charge in [0.05, 0.1) is 11.7 Å². The van der Waals surface area contributed by atoms with Crippen LogP contribution in [0.25, 0.3) is 0 Å². The summed E-state index contributed by atoms with van der Waals surface area (Å²) in [7, 11) is 1.64. The number of carbonyl (C=O) groups excluding carboxylic acids is 1. The van der Waals surface area contributed by atoms with Gasteiger partial charge in [0.2, 0.25) is 5.91 Å². The Morgan fingerprint density at radius 3 is 2.69 bits per heavy atom. The maximum atomic E-state index is 11.5. The monoisotopic (exact) mass is 229 g/mol. The van der Waals surface area contributed by atoms with Crippen molar-refractivity contribution in [2.75, 3.05) is 13.7 Å². The molecule has 0 radical (unpaired) electrons. The molecule has 0 aromatic heterocycles. The lowest BCUT2D eigenvalue weighted by Gasteiger charge is -2.22. The van der Waals surface area contributed by atoms with E-state index in [1.807, 2.05) is 6.92 Å².